The molecule has 4 aromatic rings. The van der Waals surface area contributed by atoms with E-state index >= 15 is 0 Å². The molecule has 0 radical (unpaired) electrons. The fourth-order valence-electron chi connectivity index (χ4n) is 8.11. The summed E-state index contributed by atoms with van der Waals surface area (Å²) in [5.74, 6) is 1.12. The van der Waals surface area contributed by atoms with Crippen molar-refractivity contribution in [1.82, 2.24) is 20.4 Å². The fraction of sp³-hybridized carbons (Fsp3) is 0.333. The van der Waals surface area contributed by atoms with Gasteiger partial charge in [0.25, 0.3) is 0 Å². The summed E-state index contributed by atoms with van der Waals surface area (Å²) < 4.78 is 0. The molecule has 0 aromatic heterocycles. The zero-order valence-corrected chi connectivity index (χ0v) is 37.0. The highest BCUT2D eigenvalue weighted by molar-refractivity contribution is 7.99. The van der Waals surface area contributed by atoms with E-state index in [1.165, 1.54) is 23.9 Å². The molecule has 2 saturated heterocycles. The Bertz CT molecular complexity index is 2290. The topological polar surface area (TPSA) is 136 Å². The maximum Gasteiger partial charge on any atom is 0.244 e. The molecule has 0 spiro atoms. The van der Waals surface area contributed by atoms with Crippen molar-refractivity contribution in [2.24, 2.45) is 0 Å². The van der Waals surface area contributed by atoms with Gasteiger partial charge in [0.2, 0.25) is 23.6 Å². The highest BCUT2D eigenvalue weighted by Gasteiger charge is 2.23. The number of nitrogens with one attached hydrogen (secondary N) is 2. The van der Waals surface area contributed by atoms with Gasteiger partial charge < -0.3 is 30.2 Å². The van der Waals surface area contributed by atoms with Gasteiger partial charge in [-0.1, -0.05) is 59.2 Å². The third kappa shape index (κ3) is 10.9. The van der Waals surface area contributed by atoms with Gasteiger partial charge in [-0.3, -0.25) is 19.2 Å². The average Bonchev–Trinajstić information content (AvgIpc) is 3.92. The van der Waals surface area contributed by atoms with Gasteiger partial charge in [-0.15, -0.1) is 0 Å². The smallest absolute Gasteiger partial charge is 0.244 e. The molecule has 328 valence electrons. The molecule has 4 aliphatic heterocycles. The Morgan fingerprint density at radius 2 is 1.10 bits per heavy atom. The lowest BCUT2D eigenvalue weighted by molar-refractivity contribution is -0.215. The van der Waals surface area contributed by atoms with Crippen LogP contribution in [-0.4, -0.2) is 85.9 Å². The minimum atomic E-state index is -0.248. The minimum absolute atomic E-state index is 0.170. The van der Waals surface area contributed by atoms with Crippen LogP contribution in [0.3, 0.4) is 0 Å². The molecule has 4 heterocycles. The summed E-state index contributed by atoms with van der Waals surface area (Å²) in [6, 6.07) is 19.3. The molecule has 0 unspecified atom stereocenters. The number of likely N-dealkylation sites (tertiary alicyclic amines) is 2. The van der Waals surface area contributed by atoms with E-state index in [0.717, 1.165) is 80.2 Å². The van der Waals surface area contributed by atoms with E-state index < -0.39 is 0 Å². The number of carbonyl (C=O) groups excluding carboxylic acids is 4. The summed E-state index contributed by atoms with van der Waals surface area (Å²) in [6.45, 7) is 4.53. The molecule has 4 aromatic carbocycles. The van der Waals surface area contributed by atoms with Crippen LogP contribution in [0.1, 0.15) is 60.8 Å². The Labute approximate surface area is 380 Å². The summed E-state index contributed by atoms with van der Waals surface area (Å²) in [5.41, 5.74) is 6.59. The molecule has 15 heteroatoms. The lowest BCUT2D eigenvalue weighted by atomic mass is 9.96. The minimum Gasteiger partial charge on any atom is -0.352 e. The Kier molecular flexibility index (Phi) is 14.7. The van der Waals surface area contributed by atoms with Crippen molar-refractivity contribution >= 4 is 70.7 Å². The van der Waals surface area contributed by atoms with Crippen molar-refractivity contribution in [2.45, 2.75) is 61.2 Å². The highest BCUT2D eigenvalue weighted by atomic mass is 35.5. The summed E-state index contributed by atoms with van der Waals surface area (Å²) in [5, 5.41) is 6.82. The number of benzene rings is 4. The van der Waals surface area contributed by atoms with Gasteiger partial charge in [0.15, 0.2) is 11.5 Å². The van der Waals surface area contributed by atoms with E-state index in [1.807, 2.05) is 70.5 Å². The molecule has 0 bridgehead atoms. The van der Waals surface area contributed by atoms with Crippen LogP contribution in [-0.2, 0) is 41.8 Å². The number of hydrogen-bond donors (Lipinski definition) is 2. The Morgan fingerprint density at radius 1 is 0.635 bits per heavy atom. The largest absolute Gasteiger partial charge is 0.352 e. The second kappa shape index (κ2) is 20.9. The lowest BCUT2D eigenvalue weighted by Gasteiger charge is -2.20. The van der Waals surface area contributed by atoms with Crippen LogP contribution >= 0.6 is 35.0 Å². The predicted molar refractivity (Wildman–Crippen MR) is 243 cm³/mol. The van der Waals surface area contributed by atoms with Crippen LogP contribution in [0.15, 0.2) is 82.6 Å². The van der Waals surface area contributed by atoms with Gasteiger partial charge in [0, 0.05) is 109 Å². The van der Waals surface area contributed by atoms with Crippen molar-refractivity contribution in [2.75, 3.05) is 52.5 Å². The lowest BCUT2D eigenvalue weighted by Crippen LogP contribution is -2.29. The maximum absolute atomic E-state index is 13.0. The van der Waals surface area contributed by atoms with E-state index in [-0.39, 0.29) is 23.6 Å². The number of hydrogen-bond acceptors (Lipinski definition) is 9. The van der Waals surface area contributed by atoms with E-state index in [9.17, 15) is 19.2 Å². The second-order valence-corrected chi connectivity index (χ2v) is 17.5. The van der Waals surface area contributed by atoms with Crippen LogP contribution in [0.4, 0.5) is 0 Å². The molecular weight excluding hydrogens is 864 g/mol. The molecule has 2 fully saturated rings. The maximum atomic E-state index is 13.0. The SMILES string of the molecule is O=C(C=Cc1ccc(Sc2ccc(C=CC(=O)NCCCN3CCCC3=O)c(-c3ccc4c(c3)CCOO4)c2Cl)c(Cl)c1-c1ccc2c(c1)CCOO2)NCCCN1CCCC1=O. The highest BCUT2D eigenvalue weighted by Crippen LogP contribution is 2.47. The molecule has 8 rings (SSSR count). The number of fused-ring (bicyclic) bond motifs is 2. The molecule has 2 N–H and O–H groups in total. The van der Waals surface area contributed by atoms with Gasteiger partial charge in [0.05, 0.1) is 23.3 Å². The summed E-state index contributed by atoms with van der Waals surface area (Å²) in [6.07, 6.45) is 12.1. The first kappa shape index (κ1) is 44.3. The molecule has 0 atom stereocenters. The van der Waals surface area contributed by atoms with Crippen molar-refractivity contribution in [3.63, 3.8) is 0 Å². The Hall–Kier alpha value is -5.31. The molecule has 4 amide bonds. The van der Waals surface area contributed by atoms with Crippen molar-refractivity contribution in [1.29, 1.82) is 0 Å². The average molecular weight is 912 g/mol. The van der Waals surface area contributed by atoms with Gasteiger partial charge in [-0.2, -0.15) is 9.78 Å². The number of amides is 4. The molecule has 12 nitrogen and oxygen atoms in total. The Balaban J connectivity index is 1.06. The van der Waals surface area contributed by atoms with E-state index in [2.05, 4.69) is 10.6 Å². The first-order valence-electron chi connectivity index (χ1n) is 21.4. The number of rotatable bonds is 16. The zero-order chi connectivity index (χ0) is 43.7. The van der Waals surface area contributed by atoms with Crippen LogP contribution < -0.4 is 20.4 Å². The molecule has 63 heavy (non-hydrogen) atoms. The van der Waals surface area contributed by atoms with Crippen LogP contribution in [0.25, 0.3) is 34.4 Å². The Morgan fingerprint density at radius 3 is 1.52 bits per heavy atom. The second-order valence-electron chi connectivity index (χ2n) is 15.7. The van der Waals surface area contributed by atoms with Gasteiger partial charge in [-0.25, -0.2) is 0 Å². The normalized spacial score (nSPS) is 16.0. The van der Waals surface area contributed by atoms with Crippen LogP contribution in [0.5, 0.6) is 11.5 Å². The van der Waals surface area contributed by atoms with Gasteiger partial charge in [-0.05, 0) is 96.5 Å². The van der Waals surface area contributed by atoms with Crippen molar-refractivity contribution in [3.05, 3.63) is 105 Å². The summed E-state index contributed by atoms with van der Waals surface area (Å²) in [4.78, 5) is 76.3. The third-order valence-electron chi connectivity index (χ3n) is 11.4. The molecule has 0 saturated carbocycles. The molecule has 0 aliphatic carbocycles. The number of halogens is 2. The fourth-order valence-corrected chi connectivity index (χ4v) is 9.80. The third-order valence-corrected chi connectivity index (χ3v) is 13.5. The van der Waals surface area contributed by atoms with E-state index in [0.29, 0.717) is 99.5 Å². The first-order valence-corrected chi connectivity index (χ1v) is 22.9. The molecular formula is C48H48Cl2N4O8S. The monoisotopic (exact) mass is 910 g/mol. The standard InChI is InChI=1S/C48H48Cl2N4O8S/c49-47-39(15-9-31(45(47)35-7-13-37-33(29-35)19-27-59-61-37)11-17-41(55)51-21-3-25-53-23-1-5-43(53)57)63-40-16-10-32(12-18-42(56)52-22-4-26-54-24-2-6-44(54)58)46(48(40)50)36-8-14-38-34(30-36)20-28-60-62-38/h7-18,29-30H,1-6,19-28H2,(H,51,55)(H,52,56). The van der Waals surface area contributed by atoms with Crippen LogP contribution in [0, 0.1) is 0 Å². The predicted octanol–water partition coefficient (Wildman–Crippen LogP) is 8.50. The number of nitrogens with zero attached hydrogens (tertiary/aromatic N) is 2. The summed E-state index contributed by atoms with van der Waals surface area (Å²) >= 11 is 16.2. The summed E-state index contributed by atoms with van der Waals surface area (Å²) in [7, 11) is 0. The van der Waals surface area contributed by atoms with E-state index in [4.69, 9.17) is 42.8 Å². The van der Waals surface area contributed by atoms with Gasteiger partial charge in [0.1, 0.15) is 0 Å². The van der Waals surface area contributed by atoms with Crippen LogP contribution in [0.2, 0.25) is 10.0 Å². The van der Waals surface area contributed by atoms with Crippen molar-refractivity contribution in [3.8, 4) is 33.8 Å². The zero-order valence-electron chi connectivity index (χ0n) is 34.7. The quantitative estimate of drug-likeness (QED) is 0.0645. The first-order chi connectivity index (χ1) is 30.7. The molecule has 4 aliphatic rings. The van der Waals surface area contributed by atoms with E-state index in [1.54, 1.807) is 12.2 Å². The van der Waals surface area contributed by atoms with Gasteiger partial charge >= 0.3 is 0 Å². The number of carbonyl (C=O) groups is 4. The van der Waals surface area contributed by atoms with Crippen molar-refractivity contribution < 1.29 is 38.7 Å².